The Morgan fingerprint density at radius 2 is 1.40 bits per heavy atom. The zero-order valence-electron chi connectivity index (χ0n) is 42.2. The fourth-order valence-corrected chi connectivity index (χ4v) is 11.6. The van der Waals surface area contributed by atoms with E-state index in [4.69, 9.17) is 37.4 Å². The smallest absolute Gasteiger partial charge is 0.259 e. The topological polar surface area (TPSA) is 151 Å². The minimum Gasteiger partial charge on any atom is -0.497 e. The van der Waals surface area contributed by atoms with Crippen LogP contribution in [0.25, 0.3) is 11.0 Å². The molecular formula is C54H67N6O8PSi. The molecule has 1 aliphatic rings. The number of fused-ring (bicyclic) bond motifs is 1. The summed E-state index contributed by atoms with van der Waals surface area (Å²) in [6.07, 6.45) is 0.438. The minimum atomic E-state index is -2.64. The van der Waals surface area contributed by atoms with Crippen LogP contribution in [0.15, 0.2) is 128 Å². The van der Waals surface area contributed by atoms with Gasteiger partial charge in [0.25, 0.3) is 14.4 Å². The largest absolute Gasteiger partial charge is 0.497 e. The van der Waals surface area contributed by atoms with Crippen molar-refractivity contribution in [2.45, 2.75) is 115 Å². The molecule has 70 heavy (non-hydrogen) atoms. The molecule has 0 bridgehead atoms. The Bertz CT molecular complexity index is 2620. The van der Waals surface area contributed by atoms with E-state index in [0.717, 1.165) is 16.7 Å². The summed E-state index contributed by atoms with van der Waals surface area (Å²) in [6, 6.07) is 39.1. The van der Waals surface area contributed by atoms with Crippen LogP contribution >= 0.6 is 8.53 Å². The normalized spacial score (nSPS) is 18.1. The van der Waals surface area contributed by atoms with E-state index in [1.165, 1.54) is 0 Å². The number of rotatable bonds is 21. The summed E-state index contributed by atoms with van der Waals surface area (Å²) < 4.78 is 52.0. The Labute approximate surface area is 415 Å². The van der Waals surface area contributed by atoms with Gasteiger partial charge in [-0.15, -0.1) is 0 Å². The first-order valence-electron chi connectivity index (χ1n) is 23.8. The molecule has 0 spiro atoms. The lowest BCUT2D eigenvalue weighted by molar-refractivity contribution is -0.0925. The third kappa shape index (κ3) is 11.3. The number of methoxy groups -OCH3 is 2. The summed E-state index contributed by atoms with van der Waals surface area (Å²) in [6.45, 7) is 19.7. The standard InChI is InChI=1S/C54H67N6O8PSi/c1-37(2)60(38(3)4)69(65-34-18-32-55)67-48-46(35-64-54(40-21-16-13-17-22-40,41-23-27-43(62-8)28-24-41)42-25-29-44(63-9)30-26-42)66-52(49(48)68-70(10,11)53(5,6)7)59-36-57-47-45(59)31-33-56-50(47)58-51(61)39-19-14-12-15-20-39/h12-17,19-31,33,36-38,46,48-49,52H,18,34-35H2,1-11H3,(H,56,58,61)/t46-,48-,49-,52?,69?/m1/s1. The van der Waals surface area contributed by atoms with Crippen molar-refractivity contribution in [1.82, 2.24) is 19.2 Å². The molecule has 1 saturated heterocycles. The predicted molar refractivity (Wildman–Crippen MR) is 276 cm³/mol. The van der Waals surface area contributed by atoms with E-state index in [2.05, 4.69) is 94.7 Å². The molecule has 4 aromatic carbocycles. The summed E-state index contributed by atoms with van der Waals surface area (Å²) in [5.41, 5.74) is 3.06. The highest BCUT2D eigenvalue weighted by molar-refractivity contribution is 7.44. The summed E-state index contributed by atoms with van der Waals surface area (Å²) >= 11 is 0. The number of nitrogens with zero attached hydrogens (tertiary/aromatic N) is 5. The highest BCUT2D eigenvalue weighted by atomic mass is 31.2. The molecule has 7 rings (SSSR count). The van der Waals surface area contributed by atoms with Crippen molar-refractivity contribution in [3.05, 3.63) is 150 Å². The first-order chi connectivity index (χ1) is 33.5. The molecular weight excluding hydrogens is 920 g/mol. The van der Waals surface area contributed by atoms with Crippen molar-refractivity contribution in [2.75, 3.05) is 32.8 Å². The molecule has 0 radical (unpaired) electrons. The quantitative estimate of drug-likeness (QED) is 0.0316. The number of imidazole rings is 1. The van der Waals surface area contributed by atoms with E-state index < -0.39 is 47.0 Å². The van der Waals surface area contributed by atoms with Crippen LogP contribution in [0.4, 0.5) is 5.82 Å². The van der Waals surface area contributed by atoms with Crippen LogP contribution in [0, 0.1) is 11.3 Å². The van der Waals surface area contributed by atoms with Crippen molar-refractivity contribution < 1.29 is 37.2 Å². The Hall–Kier alpha value is -5.53. The number of nitriles is 1. The molecule has 6 aromatic rings. The molecule has 1 amide bonds. The van der Waals surface area contributed by atoms with Gasteiger partial charge in [-0.2, -0.15) is 5.26 Å². The number of ether oxygens (including phenoxy) is 4. The summed E-state index contributed by atoms with van der Waals surface area (Å²) in [5.74, 6) is 1.41. The van der Waals surface area contributed by atoms with Crippen molar-refractivity contribution in [2.24, 2.45) is 0 Å². The molecule has 3 heterocycles. The number of pyridine rings is 1. The maximum atomic E-state index is 13.5. The van der Waals surface area contributed by atoms with Gasteiger partial charge in [0.1, 0.15) is 40.9 Å². The highest BCUT2D eigenvalue weighted by Crippen LogP contribution is 2.53. The number of benzene rings is 4. The molecule has 5 atom stereocenters. The van der Waals surface area contributed by atoms with E-state index >= 15 is 0 Å². The second-order valence-corrected chi connectivity index (χ2v) is 25.5. The molecule has 14 nitrogen and oxygen atoms in total. The maximum Gasteiger partial charge on any atom is 0.259 e. The Morgan fingerprint density at radius 3 is 1.94 bits per heavy atom. The number of carbonyl (C=O) groups is 1. The third-order valence-electron chi connectivity index (χ3n) is 13.1. The minimum absolute atomic E-state index is 0.0166. The summed E-state index contributed by atoms with van der Waals surface area (Å²) in [4.78, 5) is 22.9. The van der Waals surface area contributed by atoms with Gasteiger partial charge in [-0.3, -0.25) is 4.79 Å². The van der Waals surface area contributed by atoms with Crippen LogP contribution in [0.5, 0.6) is 11.5 Å². The lowest BCUT2D eigenvalue weighted by Crippen LogP contribution is -2.50. The first kappa shape index (κ1) is 52.3. The van der Waals surface area contributed by atoms with Crippen molar-refractivity contribution >= 4 is 39.6 Å². The van der Waals surface area contributed by atoms with Gasteiger partial charge in [-0.05, 0) is 105 Å². The number of aromatic nitrogens is 3. The average molecular weight is 987 g/mol. The Morgan fingerprint density at radius 1 is 0.829 bits per heavy atom. The third-order valence-corrected chi connectivity index (χ3v) is 19.7. The van der Waals surface area contributed by atoms with Crippen molar-refractivity contribution in [3.8, 4) is 17.6 Å². The Kier molecular flexibility index (Phi) is 17.0. The highest BCUT2D eigenvalue weighted by Gasteiger charge is 2.54. The number of amides is 1. The molecule has 0 saturated carbocycles. The van der Waals surface area contributed by atoms with Gasteiger partial charge in [-0.25, -0.2) is 14.6 Å². The van der Waals surface area contributed by atoms with Crippen LogP contribution in [0.3, 0.4) is 0 Å². The zero-order valence-corrected chi connectivity index (χ0v) is 44.1. The summed E-state index contributed by atoms with van der Waals surface area (Å²) in [5, 5.41) is 12.4. The van der Waals surface area contributed by atoms with E-state index in [1.807, 2.05) is 95.6 Å². The van der Waals surface area contributed by atoms with Crippen molar-refractivity contribution in [1.29, 1.82) is 5.26 Å². The van der Waals surface area contributed by atoms with E-state index in [-0.39, 0.29) is 42.7 Å². The maximum absolute atomic E-state index is 13.5. The first-order valence-corrected chi connectivity index (χ1v) is 27.8. The number of hydrogen-bond acceptors (Lipinski definition) is 12. The fourth-order valence-electron chi connectivity index (χ4n) is 8.54. The van der Waals surface area contributed by atoms with Crippen LogP contribution in [0.1, 0.15) is 88.2 Å². The van der Waals surface area contributed by atoms with Crippen molar-refractivity contribution in [3.63, 3.8) is 0 Å². The predicted octanol–water partition coefficient (Wildman–Crippen LogP) is 11.7. The molecule has 2 aromatic heterocycles. The van der Waals surface area contributed by atoms with Gasteiger partial charge >= 0.3 is 0 Å². The molecule has 0 aliphatic carbocycles. The number of nitrogens with one attached hydrogen (secondary N) is 1. The second kappa shape index (κ2) is 22.7. The van der Waals surface area contributed by atoms with Crippen LogP contribution < -0.4 is 14.8 Å². The molecule has 1 aliphatic heterocycles. The average Bonchev–Trinajstić information content (AvgIpc) is 3.93. The van der Waals surface area contributed by atoms with Gasteiger partial charge in [0.15, 0.2) is 20.4 Å². The van der Waals surface area contributed by atoms with E-state index in [9.17, 15) is 10.1 Å². The SMILES string of the molecule is COc1ccc(C(OC[C@H]2OC(n3cnc4c(NC(=O)c5ccccc5)nccc43)[C@H](O[Si](C)(C)C(C)(C)C)[C@@H]2OP(OCCC#N)N(C(C)C)C(C)C)(c2ccccc2)c2ccc(OC)cc2)cc1. The lowest BCUT2D eigenvalue weighted by atomic mass is 9.80. The summed E-state index contributed by atoms with van der Waals surface area (Å²) in [7, 11) is -1.15. The molecule has 1 N–H and O–H groups in total. The van der Waals surface area contributed by atoms with Gasteiger partial charge in [0.05, 0.1) is 51.8 Å². The van der Waals surface area contributed by atoms with E-state index in [1.54, 1.807) is 38.9 Å². The Balaban J connectivity index is 1.41. The van der Waals surface area contributed by atoms with Gasteiger partial charge in [0, 0.05) is 23.8 Å². The molecule has 2 unspecified atom stereocenters. The zero-order chi connectivity index (χ0) is 50.2. The second-order valence-electron chi connectivity index (χ2n) is 19.3. The number of carbonyl (C=O) groups excluding carboxylic acids is 1. The lowest BCUT2D eigenvalue weighted by Gasteiger charge is -2.42. The molecule has 16 heteroatoms. The monoisotopic (exact) mass is 986 g/mol. The van der Waals surface area contributed by atoms with Crippen LogP contribution in [0.2, 0.25) is 18.1 Å². The fraction of sp³-hybridized carbons (Fsp3) is 0.407. The van der Waals surface area contributed by atoms with E-state index in [0.29, 0.717) is 33.9 Å². The number of anilines is 1. The number of hydrogen-bond donors (Lipinski definition) is 1. The van der Waals surface area contributed by atoms with Gasteiger partial charge in [0.2, 0.25) is 0 Å². The van der Waals surface area contributed by atoms with Gasteiger partial charge < -0.3 is 42.3 Å². The van der Waals surface area contributed by atoms with Gasteiger partial charge in [-0.1, -0.05) is 93.6 Å². The molecule has 370 valence electrons. The molecule has 1 fully saturated rings. The van der Waals surface area contributed by atoms with Crippen LogP contribution in [-0.4, -0.2) is 91.3 Å². The van der Waals surface area contributed by atoms with Crippen LogP contribution in [-0.2, 0) is 28.5 Å².